The number of hydrogen-bond donors (Lipinski definition) is 10. The van der Waals surface area contributed by atoms with Crippen LogP contribution in [0.2, 0.25) is 0 Å². The SMILES string of the molecule is O=S(=O)(O)N[C@@H]1[C@@H](OS(=O)(=O)O)[C@H](O[C@@H]2O[C@H](CO)[C@@H](O)[C@H](OS(=O)(=O)O)[C@H]2NS(=O)(=O)O)[C@@H](CO)O[C@H]1O. The van der Waals surface area contributed by atoms with Gasteiger partial charge in [0.1, 0.15) is 48.7 Å². The molecule has 2 heterocycles. The maximum atomic E-state index is 11.5. The molecule has 0 spiro atoms. The van der Waals surface area contributed by atoms with Crippen molar-refractivity contribution < 1.29 is 94.9 Å². The van der Waals surface area contributed by atoms with Crippen LogP contribution in [0.4, 0.5) is 0 Å². The van der Waals surface area contributed by atoms with E-state index >= 15 is 0 Å². The molecule has 27 heteroatoms. The van der Waals surface area contributed by atoms with Gasteiger partial charge in [-0.1, -0.05) is 0 Å². The average molecular weight is 661 g/mol. The first-order chi connectivity index (χ1) is 17.5. The second-order valence-electron chi connectivity index (χ2n) is 7.78. The molecule has 0 unspecified atom stereocenters. The average Bonchev–Trinajstić information content (AvgIpc) is 2.73. The van der Waals surface area contributed by atoms with E-state index in [0.717, 1.165) is 0 Å². The van der Waals surface area contributed by atoms with Crippen LogP contribution in [0.1, 0.15) is 0 Å². The van der Waals surface area contributed by atoms with Crippen molar-refractivity contribution in [1.29, 1.82) is 0 Å². The molecule has 232 valence electrons. The molecule has 23 nitrogen and oxygen atoms in total. The van der Waals surface area contributed by atoms with Crippen molar-refractivity contribution in [3.8, 4) is 0 Å². The third-order valence-corrected chi connectivity index (χ3v) is 7.10. The van der Waals surface area contributed by atoms with Crippen LogP contribution < -0.4 is 9.44 Å². The summed E-state index contributed by atoms with van der Waals surface area (Å²) in [5.41, 5.74) is 0. The smallest absolute Gasteiger partial charge is 0.394 e. The summed E-state index contributed by atoms with van der Waals surface area (Å²) in [7, 11) is -21.8. The molecule has 0 amide bonds. The Bertz CT molecular complexity index is 1270. The lowest BCUT2D eigenvalue weighted by Crippen LogP contribution is -2.70. The van der Waals surface area contributed by atoms with Gasteiger partial charge in [0.25, 0.3) is 0 Å². The Kier molecular flexibility index (Phi) is 11.1. The minimum absolute atomic E-state index is 1.19. The molecule has 2 aliphatic heterocycles. The molecule has 0 aromatic carbocycles. The van der Waals surface area contributed by atoms with E-state index in [9.17, 15) is 63.2 Å². The highest BCUT2D eigenvalue weighted by molar-refractivity contribution is 7.84. The van der Waals surface area contributed by atoms with Crippen LogP contribution in [0, 0.1) is 0 Å². The van der Waals surface area contributed by atoms with E-state index in [1.165, 1.54) is 9.44 Å². The van der Waals surface area contributed by atoms with Crippen molar-refractivity contribution in [1.82, 2.24) is 9.44 Å². The lowest BCUT2D eigenvalue weighted by molar-refractivity contribution is -0.322. The van der Waals surface area contributed by atoms with Crippen molar-refractivity contribution in [2.45, 2.75) is 61.3 Å². The second-order valence-corrected chi connectivity index (χ2v) is 12.2. The highest BCUT2D eigenvalue weighted by Crippen LogP contribution is 2.32. The number of hydrogen-bond acceptors (Lipinski definition) is 17. The summed E-state index contributed by atoms with van der Waals surface area (Å²) in [6, 6.07) is -4.80. The minimum atomic E-state index is -5.60. The summed E-state index contributed by atoms with van der Waals surface area (Å²) < 4.78 is 154. The van der Waals surface area contributed by atoms with Crippen LogP contribution in [-0.2, 0) is 64.0 Å². The summed E-state index contributed by atoms with van der Waals surface area (Å²) in [5.74, 6) is 0. The van der Waals surface area contributed by atoms with Gasteiger partial charge in [-0.15, -0.1) is 0 Å². The molecule has 0 bridgehead atoms. The largest absolute Gasteiger partial charge is 0.397 e. The fourth-order valence-corrected chi connectivity index (χ4v) is 5.88. The number of nitrogens with one attached hydrogen (secondary N) is 2. The molecule has 2 fully saturated rings. The molecule has 2 rings (SSSR count). The van der Waals surface area contributed by atoms with Crippen molar-refractivity contribution in [2.75, 3.05) is 13.2 Å². The normalized spacial score (nSPS) is 37.0. The topological polar surface area (TPSA) is 369 Å². The summed E-state index contributed by atoms with van der Waals surface area (Å²) in [5, 5.41) is 39.5. The third-order valence-electron chi connectivity index (χ3n) is 5.03. The summed E-state index contributed by atoms with van der Waals surface area (Å²) in [6.45, 7) is -2.42. The monoisotopic (exact) mass is 660 g/mol. The predicted molar refractivity (Wildman–Crippen MR) is 114 cm³/mol. The van der Waals surface area contributed by atoms with Crippen LogP contribution in [0.3, 0.4) is 0 Å². The molecule has 0 saturated carbocycles. The predicted octanol–water partition coefficient (Wildman–Crippen LogP) is -6.94. The fraction of sp³-hybridized carbons (Fsp3) is 1.00. The molecular formula is C12H24N2O21S4. The molecule has 0 aromatic heterocycles. The van der Waals surface area contributed by atoms with Gasteiger partial charge in [-0.05, 0) is 0 Å². The molecule has 0 aliphatic carbocycles. The summed E-state index contributed by atoms with van der Waals surface area (Å²) in [4.78, 5) is 0. The van der Waals surface area contributed by atoms with Crippen molar-refractivity contribution in [3.63, 3.8) is 0 Å². The molecular weight excluding hydrogens is 636 g/mol. The van der Waals surface area contributed by atoms with E-state index in [0.29, 0.717) is 0 Å². The fourth-order valence-electron chi connectivity index (χ4n) is 3.67. The lowest BCUT2D eigenvalue weighted by Gasteiger charge is -2.47. The number of aliphatic hydroxyl groups excluding tert-OH is 4. The Labute approximate surface area is 220 Å². The first kappa shape index (κ1) is 34.4. The van der Waals surface area contributed by atoms with Gasteiger partial charge >= 0.3 is 41.4 Å². The number of rotatable bonds is 12. The molecule has 0 aromatic rings. The van der Waals surface area contributed by atoms with E-state index in [2.05, 4.69) is 8.37 Å². The van der Waals surface area contributed by atoms with Gasteiger partial charge in [0.05, 0.1) is 13.2 Å². The Hall–Kier alpha value is -0.800. The van der Waals surface area contributed by atoms with Gasteiger partial charge in [-0.25, -0.2) is 8.37 Å². The Morgan fingerprint density at radius 1 is 0.641 bits per heavy atom. The Balaban J connectivity index is 2.63. The van der Waals surface area contributed by atoms with Gasteiger partial charge in [0, 0.05) is 0 Å². The van der Waals surface area contributed by atoms with Crippen LogP contribution in [0.25, 0.3) is 0 Å². The van der Waals surface area contributed by atoms with Gasteiger partial charge in [0.15, 0.2) is 12.6 Å². The number of aliphatic hydroxyl groups is 4. The zero-order chi connectivity index (χ0) is 30.1. The second kappa shape index (κ2) is 12.6. The molecule has 39 heavy (non-hydrogen) atoms. The van der Waals surface area contributed by atoms with Crippen molar-refractivity contribution >= 4 is 41.4 Å². The van der Waals surface area contributed by atoms with Gasteiger partial charge < -0.3 is 34.6 Å². The zero-order valence-electron chi connectivity index (χ0n) is 18.7. The van der Waals surface area contributed by atoms with Crippen molar-refractivity contribution in [3.05, 3.63) is 0 Å². The van der Waals surface area contributed by atoms with E-state index < -0.39 is 116 Å². The van der Waals surface area contributed by atoms with Crippen molar-refractivity contribution in [2.24, 2.45) is 0 Å². The highest BCUT2D eigenvalue weighted by atomic mass is 32.3. The number of ether oxygens (including phenoxy) is 3. The van der Waals surface area contributed by atoms with Crippen LogP contribution in [0.15, 0.2) is 0 Å². The zero-order valence-corrected chi connectivity index (χ0v) is 22.0. The lowest BCUT2D eigenvalue weighted by atomic mass is 9.95. The van der Waals surface area contributed by atoms with Gasteiger partial charge in [0.2, 0.25) is 0 Å². The summed E-state index contributed by atoms with van der Waals surface area (Å²) >= 11 is 0. The maximum Gasteiger partial charge on any atom is 0.397 e. The summed E-state index contributed by atoms with van der Waals surface area (Å²) in [6.07, 6.45) is -18.4. The van der Waals surface area contributed by atoms with E-state index in [1.54, 1.807) is 0 Å². The van der Waals surface area contributed by atoms with Gasteiger partial charge in [-0.3, -0.25) is 18.2 Å². The molecule has 10 N–H and O–H groups in total. The Morgan fingerprint density at radius 2 is 1.10 bits per heavy atom. The van der Waals surface area contributed by atoms with Gasteiger partial charge in [-0.2, -0.15) is 43.1 Å². The highest BCUT2D eigenvalue weighted by Gasteiger charge is 2.55. The first-order valence-electron chi connectivity index (χ1n) is 9.90. The molecule has 2 aliphatic rings. The molecule has 2 saturated heterocycles. The third kappa shape index (κ3) is 10.2. The standard InChI is InChI=1S/C12H24N2O21S4/c15-1-3-7(17)9(34-38(25,26)27)6(14-37(22,23)24)12(32-3)33-8-4(2-16)31-11(18)5(13-36(19,20)21)10(8)35-39(28,29)30/h3-18H,1-2H2,(H,19,20,21)(H,22,23,24)(H,25,26,27)(H,28,29,30)/t3-,4-,5-,6-,7-,8-,9-,10-,11-,12+/m1/s1. The minimum Gasteiger partial charge on any atom is -0.394 e. The first-order valence-corrected chi connectivity index (χ1v) is 15.5. The van der Waals surface area contributed by atoms with Crippen LogP contribution >= 0.6 is 0 Å². The van der Waals surface area contributed by atoms with E-state index in [-0.39, 0.29) is 0 Å². The molecule has 10 atom stereocenters. The van der Waals surface area contributed by atoms with E-state index in [1.807, 2.05) is 0 Å². The molecule has 0 radical (unpaired) electrons. The quantitative estimate of drug-likeness (QED) is 0.0869. The van der Waals surface area contributed by atoms with Crippen LogP contribution in [0.5, 0.6) is 0 Å². The Morgan fingerprint density at radius 3 is 1.54 bits per heavy atom. The van der Waals surface area contributed by atoms with Crippen LogP contribution in [-0.4, -0.2) is 147 Å². The van der Waals surface area contributed by atoms with E-state index in [4.69, 9.17) is 23.3 Å². The maximum absolute atomic E-state index is 11.5.